The van der Waals surface area contributed by atoms with Crippen LogP contribution in [0.1, 0.15) is 33.9 Å². The second-order valence-electron chi connectivity index (χ2n) is 5.10. The van der Waals surface area contributed by atoms with Crippen molar-refractivity contribution in [2.24, 2.45) is 7.05 Å². The van der Waals surface area contributed by atoms with Crippen LogP contribution in [0, 0.1) is 20.8 Å². The Kier molecular flexibility index (Phi) is 4.82. The minimum absolute atomic E-state index is 0.0593. The maximum absolute atomic E-state index is 12.2. The topological polar surface area (TPSA) is 64.7 Å². The van der Waals surface area contributed by atoms with Gasteiger partial charge in [-0.25, -0.2) is 0 Å². The van der Waals surface area contributed by atoms with Crippen molar-refractivity contribution in [3.8, 4) is 0 Å². The molecule has 1 N–H and O–H groups in total. The lowest BCUT2D eigenvalue weighted by atomic mass is 10.2. The van der Waals surface area contributed by atoms with Crippen molar-refractivity contribution >= 4 is 21.8 Å². The molecule has 0 spiro atoms. The standard InChI is InChI=1S/C14H20BrN5O/c1-9-12(15)8-20(18-9)7-5-6-16-14(21)13-10(2)17-19(4)11(13)3/h8H,5-7H2,1-4H3,(H,16,21). The summed E-state index contributed by atoms with van der Waals surface area (Å²) in [6.45, 7) is 7.10. The Morgan fingerprint density at radius 3 is 2.52 bits per heavy atom. The number of hydrogen-bond donors (Lipinski definition) is 1. The Balaban J connectivity index is 1.84. The van der Waals surface area contributed by atoms with Gasteiger partial charge in [0.1, 0.15) is 0 Å². The molecule has 0 saturated heterocycles. The van der Waals surface area contributed by atoms with Crippen LogP contribution in [-0.2, 0) is 13.6 Å². The van der Waals surface area contributed by atoms with Crippen LogP contribution in [0.3, 0.4) is 0 Å². The van der Waals surface area contributed by atoms with Gasteiger partial charge in [-0.1, -0.05) is 0 Å². The van der Waals surface area contributed by atoms with E-state index in [0.717, 1.165) is 34.5 Å². The molecule has 0 aliphatic rings. The largest absolute Gasteiger partial charge is 0.352 e. The van der Waals surface area contributed by atoms with E-state index in [1.54, 1.807) is 4.68 Å². The van der Waals surface area contributed by atoms with Gasteiger partial charge in [-0.15, -0.1) is 0 Å². The average molecular weight is 354 g/mol. The van der Waals surface area contributed by atoms with Gasteiger partial charge in [0.15, 0.2) is 0 Å². The summed E-state index contributed by atoms with van der Waals surface area (Å²) >= 11 is 3.43. The third-order valence-corrected chi connectivity index (χ3v) is 4.25. The molecule has 0 radical (unpaired) electrons. The fraction of sp³-hybridized carbons (Fsp3) is 0.500. The lowest BCUT2D eigenvalue weighted by molar-refractivity contribution is 0.0951. The normalized spacial score (nSPS) is 10.9. The molecule has 2 heterocycles. The molecule has 0 saturated carbocycles. The zero-order chi connectivity index (χ0) is 15.6. The predicted octanol–water partition coefficient (Wildman–Crippen LogP) is 2.12. The summed E-state index contributed by atoms with van der Waals surface area (Å²) in [5.74, 6) is -0.0593. The maximum atomic E-state index is 12.2. The van der Waals surface area contributed by atoms with Gasteiger partial charge in [-0.3, -0.25) is 14.2 Å². The fourth-order valence-corrected chi connectivity index (χ4v) is 2.56. The van der Waals surface area contributed by atoms with Crippen molar-refractivity contribution in [1.29, 1.82) is 0 Å². The van der Waals surface area contributed by atoms with Gasteiger partial charge in [-0.05, 0) is 43.1 Å². The summed E-state index contributed by atoms with van der Waals surface area (Å²) in [7, 11) is 1.84. The van der Waals surface area contributed by atoms with E-state index >= 15 is 0 Å². The third-order valence-electron chi connectivity index (χ3n) is 3.47. The third kappa shape index (κ3) is 3.53. The average Bonchev–Trinajstić information content (AvgIpc) is 2.86. The van der Waals surface area contributed by atoms with Crippen molar-refractivity contribution in [3.05, 3.63) is 33.3 Å². The molecule has 6 nitrogen and oxygen atoms in total. The SMILES string of the molecule is Cc1nn(CCCNC(=O)c2c(C)nn(C)c2C)cc1Br. The Bertz CT molecular complexity index is 639. The molecule has 21 heavy (non-hydrogen) atoms. The first-order chi connectivity index (χ1) is 9.90. The van der Waals surface area contributed by atoms with Crippen LogP contribution < -0.4 is 5.32 Å². The van der Waals surface area contributed by atoms with Crippen molar-refractivity contribution in [2.45, 2.75) is 33.7 Å². The summed E-state index contributed by atoms with van der Waals surface area (Å²) in [5.41, 5.74) is 3.30. The van der Waals surface area contributed by atoms with Crippen LogP contribution in [0.5, 0.6) is 0 Å². The highest BCUT2D eigenvalue weighted by Gasteiger charge is 2.16. The quantitative estimate of drug-likeness (QED) is 0.837. The summed E-state index contributed by atoms with van der Waals surface area (Å²) < 4.78 is 4.62. The number of aromatic nitrogens is 4. The van der Waals surface area contributed by atoms with Crippen molar-refractivity contribution in [3.63, 3.8) is 0 Å². The van der Waals surface area contributed by atoms with Crippen LogP contribution in [0.15, 0.2) is 10.7 Å². The lowest BCUT2D eigenvalue weighted by Crippen LogP contribution is -2.26. The molecule has 2 rings (SSSR count). The molecule has 0 atom stereocenters. The minimum atomic E-state index is -0.0593. The number of rotatable bonds is 5. The molecule has 0 aromatic carbocycles. The molecule has 0 unspecified atom stereocenters. The van der Waals surface area contributed by atoms with E-state index in [0.29, 0.717) is 12.1 Å². The first-order valence-electron chi connectivity index (χ1n) is 6.88. The van der Waals surface area contributed by atoms with Crippen LogP contribution in [-0.4, -0.2) is 32.0 Å². The van der Waals surface area contributed by atoms with E-state index in [9.17, 15) is 4.79 Å². The van der Waals surface area contributed by atoms with Gasteiger partial charge < -0.3 is 5.32 Å². The number of hydrogen-bond acceptors (Lipinski definition) is 3. The summed E-state index contributed by atoms with van der Waals surface area (Å²) in [5, 5.41) is 11.6. The molecular weight excluding hydrogens is 334 g/mol. The number of carbonyl (C=O) groups excluding carboxylic acids is 1. The van der Waals surface area contributed by atoms with Crippen molar-refractivity contribution in [2.75, 3.05) is 6.54 Å². The second-order valence-corrected chi connectivity index (χ2v) is 5.96. The fourth-order valence-electron chi connectivity index (χ4n) is 2.24. The number of halogens is 1. The Morgan fingerprint density at radius 1 is 1.29 bits per heavy atom. The molecule has 7 heteroatoms. The summed E-state index contributed by atoms with van der Waals surface area (Å²) in [4.78, 5) is 12.2. The van der Waals surface area contributed by atoms with Crippen LogP contribution >= 0.6 is 15.9 Å². The molecule has 0 bridgehead atoms. The van der Waals surface area contributed by atoms with Crippen molar-refractivity contribution < 1.29 is 4.79 Å². The maximum Gasteiger partial charge on any atom is 0.255 e. The van der Waals surface area contributed by atoms with Gasteiger partial charge in [0, 0.05) is 32.0 Å². The molecule has 2 aromatic rings. The lowest BCUT2D eigenvalue weighted by Gasteiger charge is -2.06. The number of nitrogens with zero attached hydrogens (tertiary/aromatic N) is 4. The Morgan fingerprint density at radius 2 is 2.00 bits per heavy atom. The van der Waals surface area contributed by atoms with E-state index < -0.39 is 0 Å². The smallest absolute Gasteiger partial charge is 0.255 e. The van der Waals surface area contributed by atoms with E-state index in [2.05, 4.69) is 31.4 Å². The molecule has 0 aliphatic heterocycles. The second kappa shape index (κ2) is 6.43. The van der Waals surface area contributed by atoms with Gasteiger partial charge in [0.05, 0.1) is 21.4 Å². The Labute approximate surface area is 132 Å². The molecule has 0 fully saturated rings. The van der Waals surface area contributed by atoms with Crippen LogP contribution in [0.4, 0.5) is 0 Å². The van der Waals surface area contributed by atoms with Crippen molar-refractivity contribution in [1.82, 2.24) is 24.9 Å². The summed E-state index contributed by atoms with van der Waals surface area (Å²) in [6, 6.07) is 0. The van der Waals surface area contributed by atoms with E-state index in [1.807, 2.05) is 38.7 Å². The zero-order valence-corrected chi connectivity index (χ0v) is 14.4. The first-order valence-corrected chi connectivity index (χ1v) is 7.67. The van der Waals surface area contributed by atoms with Gasteiger partial charge in [0.25, 0.3) is 5.91 Å². The molecule has 2 aromatic heterocycles. The first kappa shape index (κ1) is 15.8. The number of amides is 1. The molecular formula is C14H20BrN5O. The van der Waals surface area contributed by atoms with E-state index in [1.165, 1.54) is 0 Å². The van der Waals surface area contributed by atoms with Crippen LogP contribution in [0.25, 0.3) is 0 Å². The number of aryl methyl sites for hydroxylation is 4. The highest BCUT2D eigenvalue weighted by atomic mass is 79.9. The zero-order valence-electron chi connectivity index (χ0n) is 12.8. The highest BCUT2D eigenvalue weighted by molar-refractivity contribution is 9.10. The summed E-state index contributed by atoms with van der Waals surface area (Å²) in [6.07, 6.45) is 2.78. The Hall–Kier alpha value is -1.63. The number of nitrogens with one attached hydrogen (secondary N) is 1. The monoisotopic (exact) mass is 353 g/mol. The van der Waals surface area contributed by atoms with Crippen LogP contribution in [0.2, 0.25) is 0 Å². The van der Waals surface area contributed by atoms with Gasteiger partial charge >= 0.3 is 0 Å². The van der Waals surface area contributed by atoms with E-state index in [4.69, 9.17) is 0 Å². The number of carbonyl (C=O) groups is 1. The predicted molar refractivity (Wildman–Crippen MR) is 84.3 cm³/mol. The highest BCUT2D eigenvalue weighted by Crippen LogP contribution is 2.13. The minimum Gasteiger partial charge on any atom is -0.352 e. The molecule has 1 amide bonds. The molecule has 114 valence electrons. The van der Waals surface area contributed by atoms with Gasteiger partial charge in [0.2, 0.25) is 0 Å². The van der Waals surface area contributed by atoms with E-state index in [-0.39, 0.29) is 5.91 Å². The molecule has 0 aliphatic carbocycles. The van der Waals surface area contributed by atoms with Gasteiger partial charge in [-0.2, -0.15) is 10.2 Å².